The lowest BCUT2D eigenvalue weighted by Gasteiger charge is -2.27. The molecule has 1 aliphatic heterocycles. The molecule has 0 N–H and O–H groups in total. The molecule has 0 radical (unpaired) electrons. The molecule has 1 atom stereocenters. The average molecular weight is 317 g/mol. The molecular formula is C18H21ClN2O. The molecule has 3 nitrogen and oxygen atoms in total. The summed E-state index contributed by atoms with van der Waals surface area (Å²) < 4.78 is 5.94. The van der Waals surface area contributed by atoms with Gasteiger partial charge in [-0.05, 0) is 55.7 Å². The maximum Gasteiger partial charge on any atom is 0.119 e. The summed E-state index contributed by atoms with van der Waals surface area (Å²) in [6.07, 6.45) is 5.24. The van der Waals surface area contributed by atoms with E-state index in [1.807, 2.05) is 30.5 Å². The Bertz CT molecular complexity index is 615. The Labute approximate surface area is 136 Å². The molecule has 2 heterocycles. The monoisotopic (exact) mass is 316 g/mol. The van der Waals surface area contributed by atoms with E-state index in [1.54, 1.807) is 0 Å². The molecule has 116 valence electrons. The fraction of sp³-hybridized carbons (Fsp3) is 0.389. The van der Waals surface area contributed by atoms with E-state index < -0.39 is 0 Å². The highest BCUT2D eigenvalue weighted by atomic mass is 35.5. The molecule has 1 fully saturated rings. The Kier molecular flexibility index (Phi) is 4.84. The van der Waals surface area contributed by atoms with Crippen molar-refractivity contribution in [3.8, 4) is 5.75 Å². The minimum Gasteiger partial charge on any atom is -0.491 e. The second-order valence-corrected chi connectivity index (χ2v) is 6.05. The second-order valence-electron chi connectivity index (χ2n) is 5.61. The molecule has 1 saturated heterocycles. The smallest absolute Gasteiger partial charge is 0.119 e. The van der Waals surface area contributed by atoms with Crippen LogP contribution in [0.4, 0.5) is 5.69 Å². The standard InChI is InChI=1S/C18H21ClN2O/c1-2-15-12-16(9-10-20-15)21-11-3-4-17(21)13-22-18-7-5-14(19)6-8-18/h5-10,12,17H,2-4,11,13H2,1H3. The zero-order chi connectivity index (χ0) is 15.4. The zero-order valence-electron chi connectivity index (χ0n) is 12.8. The van der Waals surface area contributed by atoms with Crippen molar-refractivity contribution in [2.24, 2.45) is 0 Å². The number of ether oxygens (including phenoxy) is 1. The number of aromatic nitrogens is 1. The molecule has 2 aromatic rings. The summed E-state index contributed by atoms with van der Waals surface area (Å²) >= 11 is 5.90. The molecule has 0 saturated carbocycles. The third kappa shape index (κ3) is 3.53. The maximum atomic E-state index is 5.94. The Morgan fingerprint density at radius 1 is 1.27 bits per heavy atom. The molecule has 22 heavy (non-hydrogen) atoms. The van der Waals surface area contributed by atoms with Crippen LogP contribution in [-0.2, 0) is 6.42 Å². The normalized spacial score (nSPS) is 17.7. The van der Waals surface area contributed by atoms with Crippen LogP contribution in [0.1, 0.15) is 25.5 Å². The van der Waals surface area contributed by atoms with Gasteiger partial charge in [-0.15, -0.1) is 0 Å². The average Bonchev–Trinajstić information content (AvgIpc) is 3.03. The fourth-order valence-corrected chi connectivity index (χ4v) is 3.04. The minimum absolute atomic E-state index is 0.419. The van der Waals surface area contributed by atoms with Gasteiger partial charge in [0.05, 0.1) is 6.04 Å². The van der Waals surface area contributed by atoms with Crippen LogP contribution in [-0.4, -0.2) is 24.2 Å². The van der Waals surface area contributed by atoms with E-state index in [0.717, 1.165) is 35.9 Å². The summed E-state index contributed by atoms with van der Waals surface area (Å²) in [7, 11) is 0. The first-order valence-electron chi connectivity index (χ1n) is 7.86. The summed E-state index contributed by atoms with van der Waals surface area (Å²) in [5.41, 5.74) is 2.40. The highest BCUT2D eigenvalue weighted by Crippen LogP contribution is 2.26. The molecule has 0 amide bonds. The van der Waals surface area contributed by atoms with E-state index in [-0.39, 0.29) is 0 Å². The first-order valence-corrected chi connectivity index (χ1v) is 8.24. The van der Waals surface area contributed by atoms with E-state index >= 15 is 0 Å². The van der Waals surface area contributed by atoms with Crippen molar-refractivity contribution < 1.29 is 4.74 Å². The van der Waals surface area contributed by atoms with Gasteiger partial charge in [0.1, 0.15) is 12.4 Å². The van der Waals surface area contributed by atoms with Crippen molar-refractivity contribution >= 4 is 17.3 Å². The quantitative estimate of drug-likeness (QED) is 0.820. The highest BCUT2D eigenvalue weighted by Gasteiger charge is 2.25. The molecule has 3 rings (SSSR count). The topological polar surface area (TPSA) is 25.4 Å². The van der Waals surface area contributed by atoms with E-state index in [2.05, 4.69) is 28.9 Å². The van der Waals surface area contributed by atoms with Crippen molar-refractivity contribution in [3.63, 3.8) is 0 Å². The van der Waals surface area contributed by atoms with Crippen molar-refractivity contribution in [1.29, 1.82) is 0 Å². The first kappa shape index (κ1) is 15.2. The van der Waals surface area contributed by atoms with Gasteiger partial charge in [0, 0.05) is 29.1 Å². The highest BCUT2D eigenvalue weighted by molar-refractivity contribution is 6.30. The lowest BCUT2D eigenvalue weighted by atomic mass is 10.2. The predicted octanol–water partition coefficient (Wildman–Crippen LogP) is 4.35. The molecule has 0 bridgehead atoms. The van der Waals surface area contributed by atoms with Gasteiger partial charge in [0.15, 0.2) is 0 Å². The van der Waals surface area contributed by atoms with Gasteiger partial charge >= 0.3 is 0 Å². The SMILES string of the molecule is CCc1cc(N2CCCC2COc2ccc(Cl)cc2)ccn1. The Morgan fingerprint density at radius 2 is 2.09 bits per heavy atom. The number of anilines is 1. The van der Waals surface area contributed by atoms with Gasteiger partial charge in [-0.1, -0.05) is 18.5 Å². The van der Waals surface area contributed by atoms with Gasteiger partial charge in [0.25, 0.3) is 0 Å². The number of benzene rings is 1. The van der Waals surface area contributed by atoms with Gasteiger partial charge in [-0.25, -0.2) is 0 Å². The maximum absolute atomic E-state index is 5.94. The Morgan fingerprint density at radius 3 is 2.86 bits per heavy atom. The van der Waals surface area contributed by atoms with E-state index in [1.165, 1.54) is 12.1 Å². The van der Waals surface area contributed by atoms with Crippen molar-refractivity contribution in [3.05, 3.63) is 53.3 Å². The molecule has 1 aromatic carbocycles. The summed E-state index contributed by atoms with van der Waals surface area (Å²) in [5, 5.41) is 0.735. The minimum atomic E-state index is 0.419. The summed E-state index contributed by atoms with van der Waals surface area (Å²) in [6, 6.07) is 12.3. The number of aryl methyl sites for hydroxylation is 1. The zero-order valence-corrected chi connectivity index (χ0v) is 13.6. The third-order valence-electron chi connectivity index (χ3n) is 4.13. The van der Waals surface area contributed by atoms with Gasteiger partial charge < -0.3 is 9.64 Å². The molecule has 1 aromatic heterocycles. The third-order valence-corrected chi connectivity index (χ3v) is 4.38. The lowest BCUT2D eigenvalue weighted by molar-refractivity contribution is 0.288. The molecular weight excluding hydrogens is 296 g/mol. The van der Waals surface area contributed by atoms with E-state index in [9.17, 15) is 0 Å². The summed E-state index contributed by atoms with van der Waals surface area (Å²) in [4.78, 5) is 6.83. The van der Waals surface area contributed by atoms with Crippen LogP contribution < -0.4 is 9.64 Å². The summed E-state index contributed by atoms with van der Waals surface area (Å²) in [6.45, 7) is 3.92. The number of halogens is 1. The van der Waals surface area contributed by atoms with Gasteiger partial charge in [-0.3, -0.25) is 4.98 Å². The number of nitrogens with zero attached hydrogens (tertiary/aromatic N) is 2. The summed E-state index contributed by atoms with van der Waals surface area (Å²) in [5.74, 6) is 0.875. The van der Waals surface area contributed by atoms with Crippen LogP contribution in [0, 0.1) is 0 Å². The van der Waals surface area contributed by atoms with E-state index in [0.29, 0.717) is 12.6 Å². The van der Waals surface area contributed by atoms with Crippen LogP contribution in [0.15, 0.2) is 42.6 Å². The number of hydrogen-bond donors (Lipinski definition) is 0. The van der Waals surface area contributed by atoms with Crippen LogP contribution in [0.5, 0.6) is 5.75 Å². The number of rotatable bonds is 5. The van der Waals surface area contributed by atoms with Gasteiger partial charge in [0.2, 0.25) is 0 Å². The van der Waals surface area contributed by atoms with Crippen LogP contribution in [0.3, 0.4) is 0 Å². The molecule has 1 aliphatic rings. The molecule has 4 heteroatoms. The Balaban J connectivity index is 1.66. The lowest BCUT2D eigenvalue weighted by Crippen LogP contribution is -2.34. The number of hydrogen-bond acceptors (Lipinski definition) is 3. The van der Waals surface area contributed by atoms with Gasteiger partial charge in [-0.2, -0.15) is 0 Å². The Hall–Kier alpha value is -1.74. The van der Waals surface area contributed by atoms with Crippen LogP contribution >= 0.6 is 11.6 Å². The molecule has 1 unspecified atom stereocenters. The van der Waals surface area contributed by atoms with Crippen LogP contribution in [0.25, 0.3) is 0 Å². The molecule has 0 spiro atoms. The van der Waals surface area contributed by atoms with E-state index in [4.69, 9.17) is 16.3 Å². The first-order chi connectivity index (χ1) is 10.8. The second kappa shape index (κ2) is 7.01. The predicted molar refractivity (Wildman–Crippen MR) is 90.9 cm³/mol. The molecule has 0 aliphatic carbocycles. The van der Waals surface area contributed by atoms with Crippen LogP contribution in [0.2, 0.25) is 5.02 Å². The number of pyridine rings is 1. The largest absolute Gasteiger partial charge is 0.491 e. The van der Waals surface area contributed by atoms with Crippen molar-refractivity contribution in [1.82, 2.24) is 4.98 Å². The fourth-order valence-electron chi connectivity index (χ4n) is 2.91. The van der Waals surface area contributed by atoms with Crippen molar-refractivity contribution in [2.75, 3.05) is 18.1 Å². The van der Waals surface area contributed by atoms with Crippen molar-refractivity contribution in [2.45, 2.75) is 32.2 Å².